The van der Waals surface area contributed by atoms with Crippen molar-refractivity contribution in [2.24, 2.45) is 0 Å². The molecule has 6 saturated heterocycles. The van der Waals surface area contributed by atoms with Crippen molar-refractivity contribution < 1.29 is 72.0 Å². The fourth-order valence-corrected chi connectivity index (χ4v) is 21.9. The van der Waals surface area contributed by atoms with Gasteiger partial charge in [0.15, 0.2) is 23.8 Å². The third-order valence-electron chi connectivity index (χ3n) is 22.8. The van der Waals surface area contributed by atoms with Crippen LogP contribution in [0.4, 0.5) is 11.4 Å². The molecule has 3 aromatic heterocycles. The molecule has 0 unspecified atom stereocenters. The first-order valence-electron chi connectivity index (χ1n) is 43.8. The van der Waals surface area contributed by atoms with Gasteiger partial charge < -0.3 is 91.4 Å². The van der Waals surface area contributed by atoms with E-state index in [2.05, 4.69) is 122 Å². The van der Waals surface area contributed by atoms with E-state index >= 15 is 0 Å². The topological polar surface area (TPSA) is 530 Å². The van der Waals surface area contributed by atoms with Crippen LogP contribution in [0.3, 0.4) is 0 Å². The van der Waals surface area contributed by atoms with Gasteiger partial charge in [0.25, 0.3) is 17.7 Å². The highest BCUT2D eigenvalue weighted by Crippen LogP contribution is 2.54. The Hall–Kier alpha value is -12.7. The maximum atomic E-state index is 13.0. The molecule has 7 aromatic carbocycles. The van der Waals surface area contributed by atoms with E-state index in [9.17, 15) is 58.5 Å². The smallest absolute Gasteiger partial charge is 0.327 e. The van der Waals surface area contributed by atoms with E-state index in [0.717, 1.165) is 51.9 Å². The van der Waals surface area contributed by atoms with Gasteiger partial charge >= 0.3 is 17.9 Å². The number of carbonyl (C=O) groups is 9. The summed E-state index contributed by atoms with van der Waals surface area (Å²) in [4.78, 5) is 116. The average molecular weight is 2050 g/mol. The molecular weight excluding hydrogens is 1950 g/mol. The minimum atomic E-state index is -1.06. The minimum Gasteiger partial charge on any atom is -0.480 e. The normalized spacial score (nSPS) is 19.3. The Bertz CT molecular complexity index is 5690. The van der Waals surface area contributed by atoms with Crippen LogP contribution in [0.5, 0.6) is 0 Å². The number of nitrogens with one attached hydrogen (secondary N) is 15. The summed E-state index contributed by atoms with van der Waals surface area (Å²) in [6.07, 6.45) is 3.70. The number of carbonyl (C=O) groups excluding carboxylic acids is 6. The molecule has 6 aliphatic heterocycles. The van der Waals surface area contributed by atoms with E-state index in [0.29, 0.717) is 83.5 Å². The number of benzene rings is 7. The van der Waals surface area contributed by atoms with Gasteiger partial charge in [-0.1, -0.05) is 202 Å². The van der Waals surface area contributed by atoms with Crippen LogP contribution in [0.1, 0.15) is 127 Å². The number of aryl methyl sites for hydroxylation is 3. The molecule has 36 nitrogen and oxygen atoms in total. The number of halogens is 5. The monoisotopic (exact) mass is 2050 g/mol. The molecule has 0 radical (unpaired) electrons. The van der Waals surface area contributed by atoms with Gasteiger partial charge in [-0.2, -0.15) is 0 Å². The van der Waals surface area contributed by atoms with Crippen LogP contribution in [0.25, 0.3) is 33.8 Å². The molecule has 139 heavy (non-hydrogen) atoms. The second-order valence-corrected chi connectivity index (χ2v) is 41.5. The Morgan fingerprint density at radius 3 is 0.928 bits per heavy atom. The molecule has 0 aliphatic carbocycles. The second-order valence-electron chi connectivity index (χ2n) is 34.1. The minimum absolute atomic E-state index is 0.00148. The van der Waals surface area contributed by atoms with E-state index in [1.54, 1.807) is 184 Å². The molecule has 0 bridgehead atoms. The summed E-state index contributed by atoms with van der Waals surface area (Å²) >= 11 is 34.4. The van der Waals surface area contributed by atoms with Crippen molar-refractivity contribution in [2.45, 2.75) is 168 Å². The predicted octanol–water partition coefficient (Wildman–Crippen LogP) is 14.4. The standard InChI is InChI=1S/C22H30Cl2N10.3C19H18ClN3O5S.C16H20N2/c23-15-5-9-17(10-6-15)31-21(27)33-19(25)29-13-3-1-2-4-14-30-20(26)34-22(28)32-18-11-7-16(24)8-12-18;3*1-8-11(12(22-28-8)9-6-4-5-7-10(9)20)15(24)21-13-16(25)23-14(18(26)27)19(2,3)29-17(13)23;1-3-7-15(8-4-1)13-17-11-12-18-14-16-9-5-2-6-10-16/h5-12H,1-4,13-14H2,(H5,25,27,29,31,33)(H5,26,28,30,32,34);3*4-7,13-14,17H,1-3H3,(H,21,24)(H,26,27);1-10,17-18H,11-14H2/t;3*13-,14+,17-;/m.111./s1. The molecule has 18 N–H and O–H groups in total. The van der Waals surface area contributed by atoms with Crippen molar-refractivity contribution in [3.8, 4) is 33.8 Å². The lowest BCUT2D eigenvalue weighted by Gasteiger charge is -2.43. The molecule has 9 atom stereocenters. The quantitative estimate of drug-likeness (QED) is 0.00937. The van der Waals surface area contributed by atoms with Crippen LogP contribution in [0.2, 0.25) is 25.1 Å². The van der Waals surface area contributed by atoms with Gasteiger partial charge in [0.2, 0.25) is 17.7 Å². The summed E-state index contributed by atoms with van der Waals surface area (Å²) in [5.41, 5.74) is 7.17. The average Bonchev–Trinajstić information content (AvgIpc) is 1.57. The summed E-state index contributed by atoms with van der Waals surface area (Å²) < 4.78 is 13.6. The van der Waals surface area contributed by atoms with Crippen molar-refractivity contribution in [3.63, 3.8) is 0 Å². The number of β-lactam (4-membered cyclic amide) rings is 3. The molecule has 6 fully saturated rings. The third kappa shape index (κ3) is 25.7. The molecular formula is C95H104Cl5N21O15S3. The molecule has 0 spiro atoms. The van der Waals surface area contributed by atoms with Crippen LogP contribution in [-0.2, 0) is 41.9 Å². The van der Waals surface area contributed by atoms with Crippen LogP contribution >= 0.6 is 93.3 Å². The van der Waals surface area contributed by atoms with Gasteiger partial charge in [0.1, 0.15) is 103 Å². The summed E-state index contributed by atoms with van der Waals surface area (Å²) in [5.74, 6) is -4.97. The van der Waals surface area contributed by atoms with Crippen molar-refractivity contribution in [2.75, 3.05) is 36.8 Å². The Labute approximate surface area is 838 Å². The lowest BCUT2D eigenvalue weighted by Crippen LogP contribution is -2.70. The number of rotatable bonds is 28. The number of carboxylic acid groups (broad SMARTS) is 3. The van der Waals surface area contributed by atoms with Crippen LogP contribution in [0.15, 0.2) is 196 Å². The number of amides is 6. The SMILES string of the molecule is Cc1onc(-c2ccccc2Cl)c1C(=O)N[C@@H]1C(=O)N2[C@@H]1SC(C)(C)[C@@H]2C(=O)O.Cc1onc(-c2ccccc2Cl)c1C(=O)N[C@@H]1C(=O)N2[C@@H]1SC(C)(C)[C@@H]2C(=O)O.Cc1onc(-c2ccccc2Cl)c1C(=O)N[C@@H]1C(=O)N2[C@@H]1SC(C)(C)[C@@H]2C(=O)O.N=C(NCCCCCCNC(=N)NC(=N)Nc1ccc(Cl)cc1)NC(=N)Nc1ccc(Cl)cc1.c1ccc(CNCCNCc2ccccc2)cc1. The zero-order valence-corrected chi connectivity index (χ0v) is 82.9. The highest BCUT2D eigenvalue weighted by atomic mass is 35.5. The van der Waals surface area contributed by atoms with E-state index in [1.807, 2.05) is 12.1 Å². The first kappa shape index (κ1) is 105. The predicted molar refractivity (Wildman–Crippen MR) is 538 cm³/mol. The van der Waals surface area contributed by atoms with E-state index < -0.39 is 120 Å². The summed E-state index contributed by atoms with van der Waals surface area (Å²) in [6, 6.07) is 50.4. The number of aromatic nitrogens is 3. The molecule has 6 amide bonds. The third-order valence-corrected chi connectivity index (χ3v) is 29.0. The zero-order chi connectivity index (χ0) is 100. The highest BCUT2D eigenvalue weighted by molar-refractivity contribution is 8.02. The number of aliphatic carboxylic acids is 3. The van der Waals surface area contributed by atoms with E-state index in [1.165, 1.54) is 61.1 Å². The number of hydrogen-bond donors (Lipinski definition) is 18. The van der Waals surface area contributed by atoms with E-state index in [4.69, 9.17) is 93.2 Å². The fraction of sp³-hybridized carbons (Fsp3) is 0.326. The zero-order valence-electron chi connectivity index (χ0n) is 76.6. The van der Waals surface area contributed by atoms with Crippen LogP contribution in [-0.4, -0.2) is 215 Å². The molecule has 16 rings (SSSR count). The molecule has 6 aliphatic rings. The lowest BCUT2D eigenvalue weighted by atomic mass is 9.95. The second kappa shape index (κ2) is 46.8. The number of hydrogen-bond acceptors (Lipinski definition) is 24. The first-order chi connectivity index (χ1) is 66.2. The molecule has 9 heterocycles. The molecule has 10 aromatic rings. The van der Waals surface area contributed by atoms with Crippen molar-refractivity contribution in [3.05, 3.63) is 252 Å². The van der Waals surface area contributed by atoms with E-state index in [-0.39, 0.29) is 57.6 Å². The van der Waals surface area contributed by atoms with Gasteiger partial charge in [-0.05, 0) is 153 Å². The summed E-state index contributed by atoms with van der Waals surface area (Å²) in [7, 11) is 0. The van der Waals surface area contributed by atoms with Crippen LogP contribution in [0, 0.1) is 42.4 Å². The maximum absolute atomic E-state index is 13.0. The molecule has 0 saturated carbocycles. The largest absolute Gasteiger partial charge is 0.480 e. The van der Waals surface area contributed by atoms with Crippen molar-refractivity contribution in [1.82, 2.24) is 78.0 Å². The number of guanidine groups is 4. The number of unbranched alkanes of at least 4 members (excludes halogenated alkanes) is 3. The van der Waals surface area contributed by atoms with Gasteiger partial charge in [-0.15, -0.1) is 35.3 Å². The van der Waals surface area contributed by atoms with Crippen LogP contribution < -0.4 is 58.5 Å². The highest BCUT2D eigenvalue weighted by Gasteiger charge is 2.67. The lowest BCUT2D eigenvalue weighted by molar-refractivity contribution is -0.159. The maximum Gasteiger partial charge on any atom is 0.327 e. The van der Waals surface area contributed by atoms with Gasteiger partial charge in [-0.25, -0.2) is 14.4 Å². The van der Waals surface area contributed by atoms with Crippen molar-refractivity contribution >= 4 is 182 Å². The Balaban J connectivity index is 0.000000157. The first-order valence-corrected chi connectivity index (χ1v) is 48.3. The number of anilines is 2. The molecule has 44 heteroatoms. The Kier molecular flexibility index (Phi) is 35.4. The number of fused-ring (bicyclic) bond motifs is 3. The van der Waals surface area contributed by atoms with Crippen molar-refractivity contribution in [1.29, 1.82) is 21.6 Å². The van der Waals surface area contributed by atoms with Gasteiger partial charge in [0, 0.05) is 91.6 Å². The van der Waals surface area contributed by atoms with Gasteiger partial charge in [0.05, 0.1) is 15.1 Å². The number of nitrogens with zero attached hydrogens (tertiary/aromatic N) is 6. The summed E-state index contributed by atoms with van der Waals surface area (Å²) in [5, 5.41) is 105. The Morgan fingerprint density at radius 1 is 0.381 bits per heavy atom. The van der Waals surface area contributed by atoms with Gasteiger partial charge in [-0.3, -0.25) is 61.0 Å². The fourth-order valence-electron chi connectivity index (χ4n) is 16.1. The Morgan fingerprint density at radius 2 is 0.655 bits per heavy atom. The molecule has 732 valence electrons. The summed E-state index contributed by atoms with van der Waals surface area (Å²) in [6.45, 7) is 20.6. The number of thioether (sulfide) groups is 3. The number of carboxylic acids is 3.